The summed E-state index contributed by atoms with van der Waals surface area (Å²) in [6.07, 6.45) is 6.49. The Balaban J connectivity index is 1.58. The fraction of sp³-hybridized carbons (Fsp3) is 0.500. The van der Waals surface area contributed by atoms with Crippen molar-refractivity contribution in [2.24, 2.45) is 7.05 Å². The van der Waals surface area contributed by atoms with Gasteiger partial charge in [0.05, 0.1) is 6.04 Å². The fourth-order valence-electron chi connectivity index (χ4n) is 4.30. The molecule has 0 bridgehead atoms. The van der Waals surface area contributed by atoms with E-state index in [9.17, 15) is 4.79 Å². The summed E-state index contributed by atoms with van der Waals surface area (Å²) in [6.45, 7) is 2.72. The Hall–Kier alpha value is -2.37. The molecular weight excluding hydrogens is 302 g/mol. The largest absolute Gasteiger partial charge is 0.328 e. The minimum absolute atomic E-state index is 0.0540. The normalized spacial score (nSPS) is 19.5. The first-order valence-corrected chi connectivity index (χ1v) is 8.62. The van der Waals surface area contributed by atoms with E-state index in [2.05, 4.69) is 33.7 Å². The Morgan fingerprint density at radius 1 is 1.29 bits per heavy atom. The van der Waals surface area contributed by atoms with Gasteiger partial charge >= 0.3 is 6.03 Å². The molecule has 2 aromatic rings. The fourth-order valence-corrected chi connectivity index (χ4v) is 4.30. The lowest BCUT2D eigenvalue weighted by Crippen LogP contribution is -2.43. The molecule has 4 rings (SSSR count). The number of para-hydroxylation sites is 1. The number of carbonyl (C=O) groups excluding carboxylic acids is 1. The number of hydrogen-bond donors (Lipinski definition) is 1. The van der Waals surface area contributed by atoms with Crippen LogP contribution >= 0.6 is 0 Å². The number of aryl methyl sites for hydroxylation is 1. The number of aromatic nitrogens is 3. The summed E-state index contributed by atoms with van der Waals surface area (Å²) in [7, 11) is 1.89. The number of nitrogens with zero attached hydrogens (tertiary/aromatic N) is 4. The van der Waals surface area contributed by atoms with Crippen LogP contribution in [0.3, 0.4) is 0 Å². The SMILES string of the molecule is CC(NC(=O)N1CC2(CCCC2)c2ccccc21)c1nncn1C. The molecule has 1 unspecified atom stereocenters. The highest BCUT2D eigenvalue weighted by atomic mass is 16.2. The lowest BCUT2D eigenvalue weighted by Gasteiger charge is -2.25. The molecule has 1 aromatic carbocycles. The predicted octanol–water partition coefficient (Wildman–Crippen LogP) is 2.92. The molecule has 0 saturated heterocycles. The van der Waals surface area contributed by atoms with Crippen LogP contribution in [0.1, 0.15) is 50.0 Å². The molecule has 6 nitrogen and oxygen atoms in total. The molecule has 1 aromatic heterocycles. The van der Waals surface area contributed by atoms with Gasteiger partial charge in [-0.2, -0.15) is 0 Å². The lowest BCUT2D eigenvalue weighted by molar-refractivity contribution is 0.242. The third-order valence-corrected chi connectivity index (χ3v) is 5.51. The maximum Gasteiger partial charge on any atom is 0.322 e. The van der Waals surface area contributed by atoms with E-state index in [-0.39, 0.29) is 17.5 Å². The highest BCUT2D eigenvalue weighted by Crippen LogP contribution is 2.50. The minimum atomic E-state index is -0.183. The lowest BCUT2D eigenvalue weighted by atomic mass is 9.81. The molecule has 1 N–H and O–H groups in total. The van der Waals surface area contributed by atoms with Gasteiger partial charge in [-0.1, -0.05) is 31.0 Å². The van der Waals surface area contributed by atoms with Crippen LogP contribution in [-0.2, 0) is 12.5 Å². The average molecular weight is 325 g/mol. The number of amides is 2. The highest BCUT2D eigenvalue weighted by Gasteiger charge is 2.46. The Bertz CT molecular complexity index is 762. The molecule has 1 atom stereocenters. The van der Waals surface area contributed by atoms with Gasteiger partial charge in [0.2, 0.25) is 0 Å². The Labute approximate surface area is 141 Å². The van der Waals surface area contributed by atoms with Crippen molar-refractivity contribution in [3.05, 3.63) is 42.0 Å². The smallest absolute Gasteiger partial charge is 0.322 e. The molecule has 2 amide bonds. The summed E-state index contributed by atoms with van der Waals surface area (Å²) < 4.78 is 1.83. The van der Waals surface area contributed by atoms with Crippen molar-refractivity contribution in [2.45, 2.75) is 44.1 Å². The third-order valence-electron chi connectivity index (χ3n) is 5.51. The van der Waals surface area contributed by atoms with Gasteiger partial charge in [0.15, 0.2) is 5.82 Å². The molecule has 2 aliphatic rings. The quantitative estimate of drug-likeness (QED) is 0.923. The zero-order valence-corrected chi connectivity index (χ0v) is 14.2. The van der Waals surface area contributed by atoms with E-state index in [0.29, 0.717) is 0 Å². The second kappa shape index (κ2) is 5.61. The predicted molar refractivity (Wildman–Crippen MR) is 91.9 cm³/mol. The van der Waals surface area contributed by atoms with Crippen molar-refractivity contribution in [2.75, 3.05) is 11.4 Å². The monoisotopic (exact) mass is 325 g/mol. The van der Waals surface area contributed by atoms with Gasteiger partial charge in [-0.05, 0) is 31.4 Å². The zero-order chi connectivity index (χ0) is 16.7. The standard InChI is InChI=1S/C18H23N5O/c1-13(16-21-19-12-22(16)2)20-17(24)23-11-18(9-5-6-10-18)14-7-3-4-8-15(14)23/h3-4,7-8,12-13H,5-6,9-11H2,1-2H3,(H,20,24). The number of benzene rings is 1. The molecule has 1 aliphatic carbocycles. The summed E-state index contributed by atoms with van der Waals surface area (Å²) in [6, 6.07) is 8.12. The Morgan fingerprint density at radius 2 is 2.04 bits per heavy atom. The van der Waals surface area contributed by atoms with Gasteiger partial charge in [-0.15, -0.1) is 10.2 Å². The van der Waals surface area contributed by atoms with Crippen molar-refractivity contribution < 1.29 is 4.79 Å². The second-order valence-corrected chi connectivity index (χ2v) is 7.06. The third kappa shape index (κ3) is 2.28. The highest BCUT2D eigenvalue weighted by molar-refractivity contribution is 5.95. The van der Waals surface area contributed by atoms with Crippen molar-refractivity contribution >= 4 is 11.7 Å². The Kier molecular flexibility index (Phi) is 3.55. The van der Waals surface area contributed by atoms with E-state index in [1.807, 2.05) is 29.5 Å². The van der Waals surface area contributed by atoms with Crippen LogP contribution in [0.4, 0.5) is 10.5 Å². The van der Waals surface area contributed by atoms with E-state index in [1.165, 1.54) is 31.2 Å². The number of anilines is 1. The number of rotatable bonds is 2. The van der Waals surface area contributed by atoms with Crippen molar-refractivity contribution in [1.29, 1.82) is 0 Å². The number of fused-ring (bicyclic) bond motifs is 2. The van der Waals surface area contributed by atoms with Crippen LogP contribution in [0, 0.1) is 0 Å². The van der Waals surface area contributed by atoms with Crippen molar-refractivity contribution in [1.82, 2.24) is 20.1 Å². The molecule has 1 spiro atoms. The summed E-state index contributed by atoms with van der Waals surface area (Å²) in [4.78, 5) is 14.8. The molecule has 0 radical (unpaired) electrons. The first-order chi connectivity index (χ1) is 11.6. The van der Waals surface area contributed by atoms with Gasteiger partial charge in [-0.3, -0.25) is 4.90 Å². The topological polar surface area (TPSA) is 63.1 Å². The first-order valence-electron chi connectivity index (χ1n) is 8.62. The van der Waals surface area contributed by atoms with Crippen LogP contribution in [0.25, 0.3) is 0 Å². The van der Waals surface area contributed by atoms with Crippen LogP contribution in [0.2, 0.25) is 0 Å². The molecule has 1 saturated carbocycles. The number of hydrogen-bond acceptors (Lipinski definition) is 3. The van der Waals surface area contributed by atoms with Crippen molar-refractivity contribution in [3.63, 3.8) is 0 Å². The van der Waals surface area contributed by atoms with Gasteiger partial charge in [0.1, 0.15) is 6.33 Å². The van der Waals surface area contributed by atoms with E-state index >= 15 is 0 Å². The average Bonchev–Trinajstić information content (AvgIpc) is 3.29. The minimum Gasteiger partial charge on any atom is -0.328 e. The van der Waals surface area contributed by atoms with E-state index < -0.39 is 0 Å². The van der Waals surface area contributed by atoms with Crippen LogP contribution in [0.15, 0.2) is 30.6 Å². The second-order valence-electron chi connectivity index (χ2n) is 7.06. The van der Waals surface area contributed by atoms with Gasteiger partial charge in [-0.25, -0.2) is 4.79 Å². The number of urea groups is 1. The van der Waals surface area contributed by atoms with E-state index in [0.717, 1.165) is 18.1 Å². The van der Waals surface area contributed by atoms with Gasteiger partial charge in [0, 0.05) is 24.7 Å². The zero-order valence-electron chi connectivity index (χ0n) is 14.2. The number of carbonyl (C=O) groups is 1. The van der Waals surface area contributed by atoms with Crippen LogP contribution < -0.4 is 10.2 Å². The van der Waals surface area contributed by atoms with E-state index in [4.69, 9.17) is 0 Å². The van der Waals surface area contributed by atoms with E-state index in [1.54, 1.807) is 6.33 Å². The number of nitrogens with one attached hydrogen (secondary N) is 1. The van der Waals surface area contributed by atoms with Crippen molar-refractivity contribution in [3.8, 4) is 0 Å². The molecule has 24 heavy (non-hydrogen) atoms. The molecule has 1 fully saturated rings. The van der Waals surface area contributed by atoms with Gasteiger partial charge < -0.3 is 9.88 Å². The summed E-state index contributed by atoms with van der Waals surface area (Å²) in [5.74, 6) is 0.756. The van der Waals surface area contributed by atoms with Crippen LogP contribution in [-0.4, -0.2) is 27.3 Å². The maximum atomic E-state index is 12.9. The van der Waals surface area contributed by atoms with Gasteiger partial charge in [0.25, 0.3) is 0 Å². The molecule has 6 heteroatoms. The summed E-state index contributed by atoms with van der Waals surface area (Å²) >= 11 is 0. The summed E-state index contributed by atoms with van der Waals surface area (Å²) in [5, 5.41) is 11.1. The molecular formula is C18H23N5O. The molecule has 2 heterocycles. The maximum absolute atomic E-state index is 12.9. The Morgan fingerprint density at radius 3 is 2.75 bits per heavy atom. The molecule has 126 valence electrons. The summed E-state index contributed by atoms with van der Waals surface area (Å²) in [5.41, 5.74) is 2.55. The molecule has 1 aliphatic heterocycles. The first kappa shape index (κ1) is 15.2. The van der Waals surface area contributed by atoms with Crippen LogP contribution in [0.5, 0.6) is 0 Å².